The van der Waals surface area contributed by atoms with Crippen LogP contribution >= 0.6 is 11.3 Å². The van der Waals surface area contributed by atoms with Crippen LogP contribution in [0.25, 0.3) is 86.3 Å². The van der Waals surface area contributed by atoms with Gasteiger partial charge in [-0.05, 0) is 69.4 Å². The first-order valence-electron chi connectivity index (χ1n) is 18.7. The van der Waals surface area contributed by atoms with Gasteiger partial charge in [0.1, 0.15) is 11.2 Å². The number of benzene rings is 9. The number of thiophene rings is 1. The Kier molecular flexibility index (Phi) is 7.39. The van der Waals surface area contributed by atoms with E-state index in [1.54, 1.807) is 0 Å². The first-order chi connectivity index (χ1) is 27.3. The lowest BCUT2D eigenvalue weighted by molar-refractivity contribution is 0.670. The summed E-state index contributed by atoms with van der Waals surface area (Å²) in [6, 6.07) is 72.3. The molecule has 3 heteroatoms. The molecule has 0 N–H and O–H groups in total. The summed E-state index contributed by atoms with van der Waals surface area (Å²) in [4.78, 5) is 2.47. The summed E-state index contributed by atoms with van der Waals surface area (Å²) in [6.45, 7) is 0. The lowest BCUT2D eigenvalue weighted by Crippen LogP contribution is -2.11. The molecule has 0 aliphatic carbocycles. The quantitative estimate of drug-likeness (QED) is 0.170. The molecule has 0 saturated heterocycles. The van der Waals surface area contributed by atoms with Gasteiger partial charge in [-0.15, -0.1) is 11.3 Å². The van der Waals surface area contributed by atoms with Crippen LogP contribution in [0.15, 0.2) is 205 Å². The third-order valence-electron chi connectivity index (χ3n) is 10.9. The van der Waals surface area contributed by atoms with Crippen LogP contribution < -0.4 is 4.90 Å². The zero-order chi connectivity index (χ0) is 36.3. The highest BCUT2D eigenvalue weighted by molar-refractivity contribution is 7.26. The van der Waals surface area contributed by atoms with Gasteiger partial charge in [-0.2, -0.15) is 0 Å². The van der Waals surface area contributed by atoms with Crippen molar-refractivity contribution in [2.24, 2.45) is 0 Å². The molecule has 258 valence electrons. The third kappa shape index (κ3) is 5.24. The summed E-state index contributed by atoms with van der Waals surface area (Å²) in [6.07, 6.45) is 0. The molecule has 0 aliphatic rings. The lowest BCUT2D eigenvalue weighted by atomic mass is 9.94. The van der Waals surface area contributed by atoms with E-state index in [-0.39, 0.29) is 0 Å². The Labute approximate surface area is 322 Å². The topological polar surface area (TPSA) is 16.4 Å². The highest BCUT2D eigenvalue weighted by Crippen LogP contribution is 2.49. The predicted octanol–water partition coefficient (Wildman–Crippen LogP) is 15.6. The van der Waals surface area contributed by atoms with Gasteiger partial charge in [-0.25, -0.2) is 0 Å². The van der Waals surface area contributed by atoms with E-state index < -0.39 is 0 Å². The maximum Gasteiger partial charge on any atom is 0.143 e. The van der Waals surface area contributed by atoms with Crippen molar-refractivity contribution < 1.29 is 4.42 Å². The van der Waals surface area contributed by atoms with E-state index in [0.29, 0.717) is 0 Å². The van der Waals surface area contributed by atoms with Crippen molar-refractivity contribution >= 4 is 81.3 Å². The van der Waals surface area contributed by atoms with E-state index >= 15 is 0 Å². The molecule has 11 rings (SSSR count). The number of hydrogen-bond donors (Lipinski definition) is 0. The van der Waals surface area contributed by atoms with Crippen molar-refractivity contribution in [2.75, 3.05) is 4.90 Å². The van der Waals surface area contributed by atoms with Crippen LogP contribution in [0.3, 0.4) is 0 Å². The van der Waals surface area contributed by atoms with E-state index in [0.717, 1.165) is 50.1 Å². The fourth-order valence-electron chi connectivity index (χ4n) is 8.30. The van der Waals surface area contributed by atoms with Crippen LogP contribution in [0, 0.1) is 0 Å². The first kappa shape index (κ1) is 31.6. The molecular formula is C52H33NOS. The van der Waals surface area contributed by atoms with Crippen molar-refractivity contribution in [3.63, 3.8) is 0 Å². The van der Waals surface area contributed by atoms with Crippen LogP contribution in [0.5, 0.6) is 0 Å². The molecule has 0 amide bonds. The van der Waals surface area contributed by atoms with Gasteiger partial charge in [0.15, 0.2) is 0 Å². The second-order valence-corrected chi connectivity index (χ2v) is 15.1. The summed E-state index contributed by atoms with van der Waals surface area (Å²) < 4.78 is 9.02. The Bertz CT molecular complexity index is 3200. The fraction of sp³-hybridized carbons (Fsp3) is 0. The summed E-state index contributed by atoms with van der Waals surface area (Å²) in [7, 11) is 0. The molecule has 0 unspecified atom stereocenters. The minimum absolute atomic E-state index is 0.906. The number of fused-ring (bicyclic) bond motifs is 7. The van der Waals surface area contributed by atoms with Gasteiger partial charge < -0.3 is 9.32 Å². The highest BCUT2D eigenvalue weighted by Gasteiger charge is 2.23. The number of hydrogen-bond acceptors (Lipinski definition) is 3. The van der Waals surface area contributed by atoms with Crippen LogP contribution in [0.4, 0.5) is 17.1 Å². The van der Waals surface area contributed by atoms with E-state index in [1.807, 2.05) is 23.5 Å². The summed E-state index contributed by atoms with van der Waals surface area (Å²) >= 11 is 1.86. The molecule has 0 fully saturated rings. The maximum atomic E-state index is 6.47. The third-order valence-corrected chi connectivity index (χ3v) is 12.1. The van der Waals surface area contributed by atoms with Crippen LogP contribution in [0.1, 0.15) is 0 Å². The minimum atomic E-state index is 0.906. The maximum absolute atomic E-state index is 6.47. The van der Waals surface area contributed by atoms with Gasteiger partial charge in [0.2, 0.25) is 0 Å². The molecule has 0 saturated carbocycles. The Morgan fingerprint density at radius 3 is 1.91 bits per heavy atom. The van der Waals surface area contributed by atoms with E-state index in [9.17, 15) is 0 Å². The molecular weight excluding hydrogens is 687 g/mol. The first-order valence-corrected chi connectivity index (χ1v) is 19.5. The SMILES string of the molecule is c1ccc(-c2ccc(-c3cccc4ccccc34)cc2N(c2ccc(-c3cccc4c3oc3ccccc34)cc2)c2cccc3c2sc2ccccc23)cc1. The Morgan fingerprint density at radius 2 is 1.02 bits per heavy atom. The Hall–Kier alpha value is -6.94. The molecule has 0 radical (unpaired) electrons. The number of anilines is 3. The van der Waals surface area contributed by atoms with Crippen LogP contribution in [-0.2, 0) is 0 Å². The average molecular weight is 720 g/mol. The lowest BCUT2D eigenvalue weighted by Gasteiger charge is -2.29. The molecule has 9 aromatic carbocycles. The van der Waals surface area contributed by atoms with Gasteiger partial charge in [0, 0.05) is 43.1 Å². The predicted molar refractivity (Wildman–Crippen MR) is 235 cm³/mol. The molecule has 0 bridgehead atoms. The smallest absolute Gasteiger partial charge is 0.143 e. The molecule has 0 aliphatic heterocycles. The van der Waals surface area contributed by atoms with Gasteiger partial charge in [0.25, 0.3) is 0 Å². The molecule has 2 heterocycles. The van der Waals surface area contributed by atoms with Gasteiger partial charge >= 0.3 is 0 Å². The summed E-state index contributed by atoms with van der Waals surface area (Å²) in [5, 5.41) is 7.29. The van der Waals surface area contributed by atoms with Crippen molar-refractivity contribution in [1.82, 2.24) is 0 Å². The largest absolute Gasteiger partial charge is 0.455 e. The average Bonchev–Trinajstić information content (AvgIpc) is 3.83. The minimum Gasteiger partial charge on any atom is -0.455 e. The molecule has 11 aromatic rings. The van der Waals surface area contributed by atoms with E-state index in [2.05, 4.69) is 193 Å². The Morgan fingerprint density at radius 1 is 0.382 bits per heavy atom. The molecule has 2 nitrogen and oxygen atoms in total. The van der Waals surface area contributed by atoms with Crippen molar-refractivity contribution in [2.45, 2.75) is 0 Å². The second kappa shape index (κ2) is 12.9. The zero-order valence-corrected chi connectivity index (χ0v) is 30.6. The summed E-state index contributed by atoms with van der Waals surface area (Å²) in [5.74, 6) is 0. The van der Waals surface area contributed by atoms with Gasteiger partial charge in [-0.3, -0.25) is 0 Å². The number of furan rings is 1. The van der Waals surface area contributed by atoms with Crippen molar-refractivity contribution in [1.29, 1.82) is 0 Å². The van der Waals surface area contributed by atoms with E-state index in [4.69, 9.17) is 4.42 Å². The number of para-hydroxylation sites is 2. The van der Waals surface area contributed by atoms with Crippen molar-refractivity contribution in [3.8, 4) is 33.4 Å². The van der Waals surface area contributed by atoms with E-state index in [1.165, 1.54) is 53.2 Å². The number of nitrogens with zero attached hydrogens (tertiary/aromatic N) is 1. The van der Waals surface area contributed by atoms with Crippen LogP contribution in [0.2, 0.25) is 0 Å². The van der Waals surface area contributed by atoms with Crippen LogP contribution in [-0.4, -0.2) is 0 Å². The highest BCUT2D eigenvalue weighted by atomic mass is 32.1. The fourth-order valence-corrected chi connectivity index (χ4v) is 9.51. The second-order valence-electron chi connectivity index (χ2n) is 14.0. The molecule has 0 spiro atoms. The van der Waals surface area contributed by atoms with Crippen molar-refractivity contribution in [3.05, 3.63) is 200 Å². The monoisotopic (exact) mass is 719 g/mol. The van der Waals surface area contributed by atoms with Gasteiger partial charge in [0.05, 0.1) is 16.1 Å². The Balaban J connectivity index is 1.16. The molecule has 2 aromatic heterocycles. The summed E-state index contributed by atoms with van der Waals surface area (Å²) in [5.41, 5.74) is 12.1. The molecule has 0 atom stereocenters. The number of rotatable bonds is 6. The normalized spacial score (nSPS) is 11.6. The van der Waals surface area contributed by atoms with Gasteiger partial charge in [-0.1, -0.05) is 164 Å². The standard InChI is InChI=1S/C52H33NOS/c1-2-13-35(14-3-1)41-32-29-37(40-20-10-16-34-15-4-5-17-39(34)40)33-48(41)53(47-24-12-23-46-44-19-7-9-26-50(44)55-52(46)47)38-30-27-36(28-31-38)42-21-11-22-45-43-18-6-8-25-49(43)54-51(42)45/h1-33H. The molecule has 55 heavy (non-hydrogen) atoms. The zero-order valence-electron chi connectivity index (χ0n) is 29.8.